The lowest BCUT2D eigenvalue weighted by atomic mass is 9.45. The smallest absolute Gasteiger partial charge is 0.111 e. The van der Waals surface area contributed by atoms with Crippen LogP contribution in [0.1, 0.15) is 66.2 Å². The fourth-order valence-electron chi connectivity index (χ4n) is 5.35. The molecule has 4 atom stereocenters. The highest BCUT2D eigenvalue weighted by Gasteiger charge is 2.58. The molecule has 2 saturated carbocycles. The van der Waals surface area contributed by atoms with Crippen LogP contribution >= 0.6 is 0 Å². The number of alkyl halides is 1. The Balaban J connectivity index is 2.35. The zero-order valence-corrected chi connectivity index (χ0v) is 12.4. The Bertz CT molecular complexity index is 310. The Morgan fingerprint density at radius 2 is 1.78 bits per heavy atom. The summed E-state index contributed by atoms with van der Waals surface area (Å²) in [6, 6.07) is 0. The van der Waals surface area contributed by atoms with Gasteiger partial charge in [0.1, 0.15) is 5.67 Å². The second kappa shape index (κ2) is 4.47. The summed E-state index contributed by atoms with van der Waals surface area (Å²) in [7, 11) is 0. The van der Waals surface area contributed by atoms with Crippen LogP contribution in [-0.2, 0) is 0 Å². The molecule has 2 fully saturated rings. The van der Waals surface area contributed by atoms with Crippen LogP contribution < -0.4 is 0 Å². The SMILES string of the molecule is CC1(C)CCC[C@@]2(C)C1CC[C@@](C)(F)[C@@H]2CCO. The first kappa shape index (κ1) is 14.3. The average Bonchev–Trinajstić information content (AvgIpc) is 2.22. The number of aliphatic hydroxyl groups is 1. The molecule has 2 rings (SSSR count). The first-order valence-corrected chi connectivity index (χ1v) is 7.54. The van der Waals surface area contributed by atoms with Gasteiger partial charge in [-0.05, 0) is 55.8 Å². The van der Waals surface area contributed by atoms with Gasteiger partial charge in [-0.15, -0.1) is 0 Å². The van der Waals surface area contributed by atoms with Crippen molar-refractivity contribution in [2.24, 2.45) is 22.7 Å². The molecule has 18 heavy (non-hydrogen) atoms. The third-order valence-corrected chi connectivity index (χ3v) is 6.14. The molecule has 2 aliphatic rings. The summed E-state index contributed by atoms with van der Waals surface area (Å²) in [5, 5.41) is 9.32. The van der Waals surface area contributed by atoms with Gasteiger partial charge in [0.2, 0.25) is 0 Å². The lowest BCUT2D eigenvalue weighted by molar-refractivity contribution is -0.142. The van der Waals surface area contributed by atoms with Crippen LogP contribution in [0.5, 0.6) is 0 Å². The molecule has 1 N–H and O–H groups in total. The summed E-state index contributed by atoms with van der Waals surface area (Å²) in [4.78, 5) is 0. The second-order valence-corrected chi connectivity index (χ2v) is 7.78. The predicted octanol–water partition coefficient (Wildman–Crippen LogP) is 4.34. The van der Waals surface area contributed by atoms with Crippen LogP contribution in [0.15, 0.2) is 0 Å². The van der Waals surface area contributed by atoms with Gasteiger partial charge in [0.15, 0.2) is 0 Å². The van der Waals surface area contributed by atoms with Crippen molar-refractivity contribution < 1.29 is 9.50 Å². The van der Waals surface area contributed by atoms with Gasteiger partial charge in [-0.25, -0.2) is 4.39 Å². The number of fused-ring (bicyclic) bond motifs is 1. The Morgan fingerprint density at radius 3 is 2.39 bits per heavy atom. The molecule has 1 unspecified atom stereocenters. The zero-order chi connectivity index (χ0) is 13.6. The van der Waals surface area contributed by atoms with Crippen molar-refractivity contribution in [3.8, 4) is 0 Å². The maximum absolute atomic E-state index is 14.9. The molecule has 0 amide bonds. The standard InChI is InChI=1S/C16H29FO/c1-14(2)8-5-9-15(3)12(14)6-10-16(4,17)13(15)7-11-18/h12-13,18H,5-11H2,1-4H3/t12?,13-,15+,16-/m1/s1. The van der Waals surface area contributed by atoms with E-state index in [1.807, 2.05) is 0 Å². The Morgan fingerprint density at radius 1 is 1.11 bits per heavy atom. The quantitative estimate of drug-likeness (QED) is 0.779. The number of aliphatic hydroxyl groups excluding tert-OH is 1. The van der Waals surface area contributed by atoms with Crippen molar-refractivity contribution in [1.29, 1.82) is 0 Å². The van der Waals surface area contributed by atoms with E-state index >= 15 is 0 Å². The highest BCUT2D eigenvalue weighted by Crippen LogP contribution is 2.63. The van der Waals surface area contributed by atoms with Crippen LogP contribution in [0.3, 0.4) is 0 Å². The van der Waals surface area contributed by atoms with E-state index in [1.165, 1.54) is 12.8 Å². The van der Waals surface area contributed by atoms with Crippen LogP contribution in [0.2, 0.25) is 0 Å². The summed E-state index contributed by atoms with van der Waals surface area (Å²) in [6.07, 6.45) is 5.90. The summed E-state index contributed by atoms with van der Waals surface area (Å²) in [5.41, 5.74) is -0.690. The largest absolute Gasteiger partial charge is 0.396 e. The normalized spacial score (nSPS) is 47.7. The van der Waals surface area contributed by atoms with Crippen molar-refractivity contribution in [3.63, 3.8) is 0 Å². The van der Waals surface area contributed by atoms with Gasteiger partial charge in [0.25, 0.3) is 0 Å². The molecule has 2 heteroatoms. The van der Waals surface area contributed by atoms with E-state index in [0.29, 0.717) is 24.2 Å². The number of rotatable bonds is 2. The molecule has 0 aromatic rings. The molecule has 0 heterocycles. The summed E-state index contributed by atoms with van der Waals surface area (Å²) < 4.78 is 14.9. The minimum absolute atomic E-state index is 0.0216. The van der Waals surface area contributed by atoms with Crippen molar-refractivity contribution in [2.75, 3.05) is 6.61 Å². The van der Waals surface area contributed by atoms with E-state index in [0.717, 1.165) is 12.8 Å². The Hall–Kier alpha value is -0.110. The van der Waals surface area contributed by atoms with E-state index in [1.54, 1.807) is 6.92 Å². The first-order valence-electron chi connectivity index (χ1n) is 7.54. The van der Waals surface area contributed by atoms with E-state index in [4.69, 9.17) is 0 Å². The molecule has 0 radical (unpaired) electrons. The molecule has 1 nitrogen and oxygen atoms in total. The molecule has 0 aliphatic heterocycles. The third-order valence-electron chi connectivity index (χ3n) is 6.14. The van der Waals surface area contributed by atoms with Crippen molar-refractivity contribution >= 4 is 0 Å². The zero-order valence-electron chi connectivity index (χ0n) is 12.4. The number of halogens is 1. The minimum Gasteiger partial charge on any atom is -0.396 e. The highest BCUT2D eigenvalue weighted by molar-refractivity contribution is 5.07. The molecular weight excluding hydrogens is 227 g/mol. The summed E-state index contributed by atoms with van der Waals surface area (Å²) in [5.74, 6) is 0.632. The first-order chi connectivity index (χ1) is 8.24. The third kappa shape index (κ3) is 2.11. The number of hydrogen-bond donors (Lipinski definition) is 1. The molecule has 0 bridgehead atoms. The van der Waals surface area contributed by atoms with E-state index in [-0.39, 0.29) is 17.9 Å². The molecule has 106 valence electrons. The highest BCUT2D eigenvalue weighted by atomic mass is 19.1. The van der Waals surface area contributed by atoms with Gasteiger partial charge in [0.05, 0.1) is 0 Å². The summed E-state index contributed by atoms with van der Waals surface area (Å²) in [6.45, 7) is 8.87. The molecule has 2 aliphatic carbocycles. The van der Waals surface area contributed by atoms with Crippen molar-refractivity contribution in [3.05, 3.63) is 0 Å². The molecule has 0 saturated heterocycles. The van der Waals surface area contributed by atoms with Gasteiger partial charge in [-0.2, -0.15) is 0 Å². The summed E-state index contributed by atoms with van der Waals surface area (Å²) >= 11 is 0. The fraction of sp³-hybridized carbons (Fsp3) is 1.00. The van der Waals surface area contributed by atoms with Crippen molar-refractivity contribution in [2.45, 2.75) is 71.9 Å². The maximum Gasteiger partial charge on any atom is 0.111 e. The molecule has 0 aromatic heterocycles. The second-order valence-electron chi connectivity index (χ2n) is 7.78. The van der Waals surface area contributed by atoms with Gasteiger partial charge in [-0.1, -0.05) is 27.2 Å². The minimum atomic E-state index is -1.10. The van der Waals surface area contributed by atoms with Gasteiger partial charge in [0, 0.05) is 12.5 Å². The molecule has 0 aromatic carbocycles. The average molecular weight is 256 g/mol. The molecular formula is C16H29FO. The van der Waals surface area contributed by atoms with E-state index in [2.05, 4.69) is 20.8 Å². The van der Waals surface area contributed by atoms with Crippen LogP contribution in [0.25, 0.3) is 0 Å². The predicted molar refractivity (Wildman–Crippen MR) is 73.2 cm³/mol. The van der Waals surface area contributed by atoms with Crippen LogP contribution in [0.4, 0.5) is 4.39 Å². The van der Waals surface area contributed by atoms with Gasteiger partial charge in [-0.3, -0.25) is 0 Å². The van der Waals surface area contributed by atoms with Crippen LogP contribution in [0, 0.1) is 22.7 Å². The monoisotopic (exact) mass is 256 g/mol. The van der Waals surface area contributed by atoms with E-state index in [9.17, 15) is 9.50 Å². The topological polar surface area (TPSA) is 20.2 Å². The van der Waals surface area contributed by atoms with Crippen molar-refractivity contribution in [1.82, 2.24) is 0 Å². The van der Waals surface area contributed by atoms with E-state index < -0.39 is 5.67 Å². The lowest BCUT2D eigenvalue weighted by Gasteiger charge is -2.60. The van der Waals surface area contributed by atoms with Crippen LogP contribution in [-0.4, -0.2) is 17.4 Å². The van der Waals surface area contributed by atoms with Gasteiger partial charge < -0.3 is 5.11 Å². The number of hydrogen-bond acceptors (Lipinski definition) is 1. The molecule has 0 spiro atoms. The maximum atomic E-state index is 14.9. The van der Waals surface area contributed by atoms with Gasteiger partial charge >= 0.3 is 0 Å². The Labute approximate surface area is 111 Å². The lowest BCUT2D eigenvalue weighted by Crippen LogP contribution is -2.56. The Kier molecular flexibility index (Phi) is 3.55. The fourth-order valence-corrected chi connectivity index (χ4v) is 5.35.